The predicted octanol–water partition coefficient (Wildman–Crippen LogP) is 3.52. The van der Waals surface area contributed by atoms with Crippen molar-refractivity contribution in [3.8, 4) is 0 Å². The maximum absolute atomic E-state index is 12.8. The lowest BCUT2D eigenvalue weighted by Crippen LogP contribution is -2.46. The van der Waals surface area contributed by atoms with Crippen molar-refractivity contribution in [1.82, 2.24) is 5.32 Å². The summed E-state index contributed by atoms with van der Waals surface area (Å²) in [4.78, 5) is 23.5. The molecular formula is C17H22ClNO3. The summed E-state index contributed by atoms with van der Waals surface area (Å²) in [7, 11) is 0. The minimum Gasteiger partial charge on any atom is -0.481 e. The van der Waals surface area contributed by atoms with Gasteiger partial charge in [0.2, 0.25) is 5.91 Å². The van der Waals surface area contributed by atoms with Gasteiger partial charge in [-0.05, 0) is 43.9 Å². The molecule has 5 heteroatoms. The van der Waals surface area contributed by atoms with Crippen molar-refractivity contribution < 1.29 is 14.7 Å². The second-order valence-corrected chi connectivity index (χ2v) is 6.54. The van der Waals surface area contributed by atoms with E-state index in [0.29, 0.717) is 11.4 Å². The summed E-state index contributed by atoms with van der Waals surface area (Å²) >= 11 is 6.08. The second-order valence-electron chi connectivity index (χ2n) is 6.11. The molecule has 2 N–H and O–H groups in total. The number of hydrogen-bond acceptors (Lipinski definition) is 2. The first-order chi connectivity index (χ1) is 10.4. The Morgan fingerprint density at radius 1 is 1.36 bits per heavy atom. The monoisotopic (exact) mass is 323 g/mol. The SMILES string of the molecule is CC(CCC(=O)O)NC(=O)C1(c2cccc(Cl)c2)CCCC1. The maximum atomic E-state index is 12.8. The molecule has 0 radical (unpaired) electrons. The number of rotatable bonds is 6. The van der Waals surface area contributed by atoms with Crippen molar-refractivity contribution >= 4 is 23.5 Å². The number of nitrogens with one attached hydrogen (secondary N) is 1. The van der Waals surface area contributed by atoms with Crippen LogP contribution in [0.1, 0.15) is 51.0 Å². The van der Waals surface area contributed by atoms with Crippen LogP contribution in [0.3, 0.4) is 0 Å². The molecule has 1 atom stereocenters. The molecule has 2 rings (SSSR count). The quantitative estimate of drug-likeness (QED) is 0.841. The molecule has 22 heavy (non-hydrogen) atoms. The van der Waals surface area contributed by atoms with Crippen LogP contribution in [-0.2, 0) is 15.0 Å². The molecule has 0 aromatic heterocycles. The summed E-state index contributed by atoms with van der Waals surface area (Å²) in [5.74, 6) is -0.850. The molecule has 4 nitrogen and oxygen atoms in total. The van der Waals surface area contributed by atoms with Crippen LogP contribution in [0.2, 0.25) is 5.02 Å². The van der Waals surface area contributed by atoms with Gasteiger partial charge in [0, 0.05) is 17.5 Å². The summed E-state index contributed by atoms with van der Waals surface area (Å²) in [5.41, 5.74) is 0.433. The van der Waals surface area contributed by atoms with Gasteiger partial charge in [0.15, 0.2) is 0 Å². The number of carbonyl (C=O) groups excluding carboxylic acids is 1. The van der Waals surface area contributed by atoms with E-state index >= 15 is 0 Å². The molecule has 1 amide bonds. The van der Waals surface area contributed by atoms with E-state index < -0.39 is 11.4 Å². The van der Waals surface area contributed by atoms with Crippen LogP contribution in [0.5, 0.6) is 0 Å². The number of amides is 1. The van der Waals surface area contributed by atoms with E-state index in [1.54, 1.807) is 6.07 Å². The summed E-state index contributed by atoms with van der Waals surface area (Å²) in [5, 5.41) is 12.4. The van der Waals surface area contributed by atoms with Crippen molar-refractivity contribution in [2.24, 2.45) is 0 Å². The average molecular weight is 324 g/mol. The van der Waals surface area contributed by atoms with Gasteiger partial charge in [-0.2, -0.15) is 0 Å². The molecule has 0 spiro atoms. The van der Waals surface area contributed by atoms with Crippen LogP contribution >= 0.6 is 11.6 Å². The van der Waals surface area contributed by atoms with E-state index in [1.807, 2.05) is 25.1 Å². The highest BCUT2D eigenvalue weighted by Crippen LogP contribution is 2.42. The number of carboxylic acid groups (broad SMARTS) is 1. The van der Waals surface area contributed by atoms with Gasteiger partial charge in [-0.1, -0.05) is 36.6 Å². The van der Waals surface area contributed by atoms with E-state index in [1.165, 1.54) is 0 Å². The molecular weight excluding hydrogens is 302 g/mol. The standard InChI is InChI=1S/C17H22ClNO3/c1-12(7-8-15(20)21)19-16(22)17(9-2-3-10-17)13-5-4-6-14(18)11-13/h4-6,11-12H,2-3,7-10H2,1H3,(H,19,22)(H,20,21). The van der Waals surface area contributed by atoms with E-state index in [4.69, 9.17) is 16.7 Å². The van der Waals surface area contributed by atoms with Gasteiger partial charge in [0.25, 0.3) is 0 Å². The normalized spacial score (nSPS) is 17.9. The molecule has 1 aliphatic rings. The summed E-state index contributed by atoms with van der Waals surface area (Å²) in [6, 6.07) is 7.35. The Bertz CT molecular complexity index is 553. The van der Waals surface area contributed by atoms with Crippen LogP contribution in [0.15, 0.2) is 24.3 Å². The molecule has 1 aromatic rings. The van der Waals surface area contributed by atoms with Crippen molar-refractivity contribution in [3.63, 3.8) is 0 Å². The fourth-order valence-electron chi connectivity index (χ4n) is 3.19. The zero-order valence-electron chi connectivity index (χ0n) is 12.8. The first-order valence-corrected chi connectivity index (χ1v) is 8.11. The Labute approximate surface area is 135 Å². The third-order valence-corrected chi connectivity index (χ3v) is 4.67. The second kappa shape index (κ2) is 7.14. The Balaban J connectivity index is 2.14. The van der Waals surface area contributed by atoms with Gasteiger partial charge < -0.3 is 10.4 Å². The van der Waals surface area contributed by atoms with Crippen LogP contribution in [0.25, 0.3) is 0 Å². The Morgan fingerprint density at radius 2 is 2.05 bits per heavy atom. The topological polar surface area (TPSA) is 66.4 Å². The predicted molar refractivity (Wildman–Crippen MR) is 86.1 cm³/mol. The molecule has 1 fully saturated rings. The molecule has 0 heterocycles. The minimum atomic E-state index is -0.841. The van der Waals surface area contributed by atoms with Crippen molar-refractivity contribution in [1.29, 1.82) is 0 Å². The zero-order valence-corrected chi connectivity index (χ0v) is 13.5. The number of halogens is 1. The lowest BCUT2D eigenvalue weighted by atomic mass is 9.77. The highest BCUT2D eigenvalue weighted by atomic mass is 35.5. The molecule has 0 saturated heterocycles. The summed E-state index contributed by atoms with van der Waals surface area (Å²) in [6.07, 6.45) is 4.15. The maximum Gasteiger partial charge on any atom is 0.303 e. The summed E-state index contributed by atoms with van der Waals surface area (Å²) in [6.45, 7) is 1.85. The van der Waals surface area contributed by atoms with Crippen molar-refractivity contribution in [3.05, 3.63) is 34.9 Å². The van der Waals surface area contributed by atoms with Crippen LogP contribution < -0.4 is 5.32 Å². The van der Waals surface area contributed by atoms with Crippen LogP contribution in [0, 0.1) is 0 Å². The fourth-order valence-corrected chi connectivity index (χ4v) is 3.38. The largest absolute Gasteiger partial charge is 0.481 e. The summed E-state index contributed by atoms with van der Waals surface area (Å²) < 4.78 is 0. The zero-order chi connectivity index (χ0) is 16.2. The molecule has 1 aliphatic carbocycles. The van der Waals surface area contributed by atoms with Crippen molar-refractivity contribution in [2.45, 2.75) is 56.9 Å². The average Bonchev–Trinajstić information content (AvgIpc) is 2.96. The van der Waals surface area contributed by atoms with E-state index in [-0.39, 0.29) is 18.4 Å². The third-order valence-electron chi connectivity index (χ3n) is 4.44. The highest BCUT2D eigenvalue weighted by molar-refractivity contribution is 6.30. The van der Waals surface area contributed by atoms with Crippen LogP contribution in [-0.4, -0.2) is 23.0 Å². The Morgan fingerprint density at radius 3 is 2.64 bits per heavy atom. The fraction of sp³-hybridized carbons (Fsp3) is 0.529. The van der Waals surface area contributed by atoms with E-state index in [0.717, 1.165) is 31.2 Å². The molecule has 1 aromatic carbocycles. The van der Waals surface area contributed by atoms with Crippen LogP contribution in [0.4, 0.5) is 0 Å². The number of aliphatic carboxylic acids is 1. The lowest BCUT2D eigenvalue weighted by Gasteiger charge is -2.30. The number of carbonyl (C=O) groups is 2. The molecule has 1 unspecified atom stereocenters. The highest BCUT2D eigenvalue weighted by Gasteiger charge is 2.43. The van der Waals surface area contributed by atoms with E-state index in [2.05, 4.69) is 5.32 Å². The first-order valence-electron chi connectivity index (χ1n) is 7.73. The van der Waals surface area contributed by atoms with Gasteiger partial charge in [-0.15, -0.1) is 0 Å². The third kappa shape index (κ3) is 3.80. The molecule has 0 bridgehead atoms. The van der Waals surface area contributed by atoms with Gasteiger partial charge in [0.1, 0.15) is 0 Å². The van der Waals surface area contributed by atoms with Crippen molar-refractivity contribution in [2.75, 3.05) is 0 Å². The lowest BCUT2D eigenvalue weighted by molar-refractivity contribution is -0.137. The van der Waals surface area contributed by atoms with Gasteiger partial charge >= 0.3 is 5.97 Å². The Kier molecular flexibility index (Phi) is 5.46. The number of carboxylic acids is 1. The number of benzene rings is 1. The minimum absolute atomic E-state index is 0.00912. The number of hydrogen-bond donors (Lipinski definition) is 2. The smallest absolute Gasteiger partial charge is 0.303 e. The molecule has 120 valence electrons. The molecule has 1 saturated carbocycles. The van der Waals surface area contributed by atoms with Gasteiger partial charge in [0.05, 0.1) is 5.41 Å². The first kappa shape index (κ1) is 16.8. The van der Waals surface area contributed by atoms with Gasteiger partial charge in [-0.25, -0.2) is 0 Å². The van der Waals surface area contributed by atoms with Gasteiger partial charge in [-0.3, -0.25) is 9.59 Å². The van der Waals surface area contributed by atoms with E-state index in [9.17, 15) is 9.59 Å². The molecule has 0 aliphatic heterocycles. The Hall–Kier alpha value is -1.55.